The Kier molecular flexibility index (Phi) is 2.99. The van der Waals surface area contributed by atoms with E-state index in [-0.39, 0.29) is 5.78 Å². The quantitative estimate of drug-likeness (QED) is 0.872. The van der Waals surface area contributed by atoms with Crippen molar-refractivity contribution in [2.24, 2.45) is 0 Å². The number of rotatable bonds is 3. The average Bonchev–Trinajstić information content (AvgIpc) is 3.05. The van der Waals surface area contributed by atoms with Crippen molar-refractivity contribution < 1.29 is 14.7 Å². The first-order valence-electron chi connectivity index (χ1n) is 5.88. The summed E-state index contributed by atoms with van der Waals surface area (Å²) in [6, 6.07) is 10.8. The first-order chi connectivity index (χ1) is 9.17. The lowest BCUT2D eigenvalue weighted by atomic mass is 9.97. The maximum atomic E-state index is 12.6. The number of benzene rings is 1. The third kappa shape index (κ3) is 1.74. The van der Waals surface area contributed by atoms with Crippen LogP contribution in [0.3, 0.4) is 0 Å². The van der Waals surface area contributed by atoms with E-state index in [1.807, 2.05) is 23.6 Å². The monoisotopic (exact) mass is 275 g/mol. The van der Waals surface area contributed by atoms with Crippen LogP contribution in [0.4, 0.5) is 0 Å². The second kappa shape index (κ2) is 4.54. The molecule has 0 fully saturated rings. The van der Waals surface area contributed by atoms with E-state index in [4.69, 9.17) is 4.84 Å². The highest BCUT2D eigenvalue weighted by Gasteiger charge is 2.51. The van der Waals surface area contributed by atoms with Crippen LogP contribution >= 0.6 is 11.3 Å². The molecule has 0 saturated heterocycles. The molecule has 2 aromatic rings. The molecule has 1 unspecified atom stereocenters. The summed E-state index contributed by atoms with van der Waals surface area (Å²) in [7, 11) is 1.46. The summed E-state index contributed by atoms with van der Waals surface area (Å²) in [6.07, 6.45) is 0. The van der Waals surface area contributed by atoms with Gasteiger partial charge in [0, 0.05) is 5.56 Å². The lowest BCUT2D eigenvalue weighted by molar-refractivity contribution is -0.256. The molecule has 5 heteroatoms. The minimum Gasteiger partial charge on any atom is -0.363 e. The van der Waals surface area contributed by atoms with Crippen LogP contribution in [0.1, 0.15) is 20.8 Å². The zero-order valence-corrected chi connectivity index (χ0v) is 11.2. The van der Waals surface area contributed by atoms with Crippen LogP contribution in [0.25, 0.3) is 0 Å². The number of hydrogen-bond acceptors (Lipinski definition) is 5. The van der Waals surface area contributed by atoms with Gasteiger partial charge in [0.2, 0.25) is 11.5 Å². The van der Waals surface area contributed by atoms with E-state index in [2.05, 4.69) is 0 Å². The smallest absolute Gasteiger partial charge is 0.233 e. The van der Waals surface area contributed by atoms with Gasteiger partial charge in [0.05, 0.1) is 18.5 Å². The van der Waals surface area contributed by atoms with Crippen molar-refractivity contribution in [2.45, 2.75) is 12.3 Å². The van der Waals surface area contributed by atoms with Gasteiger partial charge in [-0.2, -0.15) is 0 Å². The third-order valence-electron chi connectivity index (χ3n) is 3.35. The fourth-order valence-electron chi connectivity index (χ4n) is 2.41. The molecule has 0 saturated carbocycles. The van der Waals surface area contributed by atoms with Crippen LogP contribution in [0, 0.1) is 0 Å². The molecule has 19 heavy (non-hydrogen) atoms. The molecule has 0 radical (unpaired) electrons. The predicted molar refractivity (Wildman–Crippen MR) is 71.5 cm³/mol. The normalized spacial score (nSPS) is 22.4. The Balaban J connectivity index is 2.12. The number of hydrogen-bond donors (Lipinski definition) is 1. The molecule has 0 bridgehead atoms. The van der Waals surface area contributed by atoms with Crippen molar-refractivity contribution in [3.8, 4) is 0 Å². The minimum atomic E-state index is -1.74. The van der Waals surface area contributed by atoms with Crippen molar-refractivity contribution in [2.75, 3.05) is 7.11 Å². The number of thiophene rings is 1. The standard InChI is InChI=1S/C14H13NO3S/c1-18-15-9-10-5-2-3-6-11(10)14(15,17)13(16)12-7-4-8-19-12/h2-8,17H,9H2,1H3. The summed E-state index contributed by atoms with van der Waals surface area (Å²) >= 11 is 1.31. The molecule has 2 heterocycles. The highest BCUT2D eigenvalue weighted by atomic mass is 32.1. The van der Waals surface area contributed by atoms with Crippen LogP contribution in [0.2, 0.25) is 0 Å². The van der Waals surface area contributed by atoms with Gasteiger partial charge in [-0.05, 0) is 17.0 Å². The minimum absolute atomic E-state index is 0.352. The number of nitrogens with zero attached hydrogens (tertiary/aromatic N) is 1. The molecule has 1 aromatic heterocycles. The van der Waals surface area contributed by atoms with E-state index >= 15 is 0 Å². The Morgan fingerprint density at radius 2 is 2.16 bits per heavy atom. The number of carbonyl (C=O) groups is 1. The van der Waals surface area contributed by atoms with Crippen molar-refractivity contribution in [3.63, 3.8) is 0 Å². The molecule has 1 atom stereocenters. The largest absolute Gasteiger partial charge is 0.363 e. The fourth-order valence-corrected chi connectivity index (χ4v) is 3.12. The zero-order chi connectivity index (χ0) is 13.5. The van der Waals surface area contributed by atoms with Crippen LogP contribution in [-0.2, 0) is 17.1 Å². The molecule has 3 rings (SSSR count). The van der Waals surface area contributed by atoms with Crippen molar-refractivity contribution in [1.29, 1.82) is 0 Å². The number of carbonyl (C=O) groups excluding carboxylic acids is 1. The Hall–Kier alpha value is -1.53. The summed E-state index contributed by atoms with van der Waals surface area (Å²) in [6.45, 7) is 0.389. The van der Waals surface area contributed by atoms with Crippen LogP contribution in [0.5, 0.6) is 0 Å². The van der Waals surface area contributed by atoms with Gasteiger partial charge in [0.25, 0.3) is 0 Å². The predicted octanol–water partition coefficient (Wildman–Crippen LogP) is 2.15. The number of fused-ring (bicyclic) bond motifs is 1. The molecule has 1 aliphatic rings. The second-order valence-corrected chi connectivity index (χ2v) is 5.30. The molecular formula is C14H13NO3S. The summed E-state index contributed by atoms with van der Waals surface area (Å²) in [4.78, 5) is 18.3. The fraction of sp³-hybridized carbons (Fsp3) is 0.214. The van der Waals surface area contributed by atoms with Crippen LogP contribution in [0.15, 0.2) is 41.8 Å². The van der Waals surface area contributed by atoms with E-state index in [1.54, 1.807) is 18.2 Å². The van der Waals surface area contributed by atoms with E-state index in [1.165, 1.54) is 23.5 Å². The highest BCUT2D eigenvalue weighted by Crippen LogP contribution is 2.40. The van der Waals surface area contributed by atoms with E-state index in [0.717, 1.165) is 5.56 Å². The molecule has 1 aliphatic heterocycles. The second-order valence-electron chi connectivity index (χ2n) is 4.35. The number of Topliss-reactive ketones (excluding diaryl/α,β-unsaturated/α-hetero) is 1. The van der Waals surface area contributed by atoms with Gasteiger partial charge in [0.1, 0.15) is 0 Å². The van der Waals surface area contributed by atoms with Gasteiger partial charge in [-0.1, -0.05) is 30.3 Å². The molecular weight excluding hydrogens is 262 g/mol. The highest BCUT2D eigenvalue weighted by molar-refractivity contribution is 7.12. The van der Waals surface area contributed by atoms with E-state index in [0.29, 0.717) is 17.0 Å². The molecule has 0 amide bonds. The molecule has 0 spiro atoms. The maximum absolute atomic E-state index is 12.6. The van der Waals surface area contributed by atoms with Gasteiger partial charge in [-0.3, -0.25) is 9.63 Å². The Labute approximate surface area is 114 Å². The zero-order valence-electron chi connectivity index (χ0n) is 10.4. The average molecular weight is 275 g/mol. The summed E-state index contributed by atoms with van der Waals surface area (Å²) in [5.74, 6) is -0.352. The summed E-state index contributed by atoms with van der Waals surface area (Å²) in [5, 5.41) is 14.0. The number of ketones is 1. The van der Waals surface area contributed by atoms with Gasteiger partial charge >= 0.3 is 0 Å². The number of hydroxylamine groups is 2. The summed E-state index contributed by atoms with van der Waals surface area (Å²) < 4.78 is 0. The first-order valence-corrected chi connectivity index (χ1v) is 6.76. The topological polar surface area (TPSA) is 49.8 Å². The molecule has 1 aromatic carbocycles. The Morgan fingerprint density at radius 1 is 1.37 bits per heavy atom. The maximum Gasteiger partial charge on any atom is 0.233 e. The molecule has 4 nitrogen and oxygen atoms in total. The molecule has 0 aliphatic carbocycles. The first kappa shape index (κ1) is 12.5. The summed E-state index contributed by atoms with van der Waals surface area (Å²) in [5.41, 5.74) is -0.247. The van der Waals surface area contributed by atoms with E-state index < -0.39 is 5.72 Å². The number of aliphatic hydroxyl groups is 1. The van der Waals surface area contributed by atoms with Gasteiger partial charge in [-0.25, -0.2) is 0 Å². The van der Waals surface area contributed by atoms with Crippen molar-refractivity contribution >= 4 is 17.1 Å². The third-order valence-corrected chi connectivity index (χ3v) is 4.22. The van der Waals surface area contributed by atoms with Gasteiger partial charge in [0.15, 0.2) is 0 Å². The SMILES string of the molecule is CON1Cc2ccccc2C1(O)C(=O)c1cccs1. The van der Waals surface area contributed by atoms with E-state index in [9.17, 15) is 9.90 Å². The lowest BCUT2D eigenvalue weighted by Gasteiger charge is -2.30. The van der Waals surface area contributed by atoms with Crippen molar-refractivity contribution in [1.82, 2.24) is 5.06 Å². The lowest BCUT2D eigenvalue weighted by Crippen LogP contribution is -2.46. The van der Waals surface area contributed by atoms with Crippen LogP contribution in [-0.4, -0.2) is 23.1 Å². The molecule has 1 N–H and O–H groups in total. The van der Waals surface area contributed by atoms with Crippen molar-refractivity contribution in [3.05, 3.63) is 57.8 Å². The Bertz CT molecular complexity index is 611. The van der Waals surface area contributed by atoms with Gasteiger partial charge < -0.3 is 5.11 Å². The molecule has 98 valence electrons. The Morgan fingerprint density at radius 3 is 2.84 bits per heavy atom. The van der Waals surface area contributed by atoms with Crippen LogP contribution < -0.4 is 0 Å². The van der Waals surface area contributed by atoms with Gasteiger partial charge in [-0.15, -0.1) is 16.4 Å².